The van der Waals surface area contributed by atoms with Crippen LogP contribution in [0.2, 0.25) is 0 Å². The molecule has 1 aliphatic heterocycles. The smallest absolute Gasteiger partial charge is 0.295 e. The Hall–Kier alpha value is -3.32. The third-order valence-corrected chi connectivity index (χ3v) is 6.86. The number of methoxy groups -OCH3 is 1. The third kappa shape index (κ3) is 6.92. The van der Waals surface area contributed by atoms with E-state index in [0.29, 0.717) is 30.2 Å². The molecule has 37 heavy (non-hydrogen) atoms. The van der Waals surface area contributed by atoms with Crippen LogP contribution in [0.15, 0.2) is 54.1 Å². The lowest BCUT2D eigenvalue weighted by atomic mass is 9.95. The Bertz CT molecular complexity index is 1080. The highest BCUT2D eigenvalue weighted by Gasteiger charge is 2.45. The van der Waals surface area contributed by atoms with Crippen LogP contribution in [0.25, 0.3) is 5.76 Å². The van der Waals surface area contributed by atoms with E-state index in [1.807, 2.05) is 24.3 Å². The van der Waals surface area contributed by atoms with Crippen molar-refractivity contribution >= 4 is 17.4 Å². The summed E-state index contributed by atoms with van der Waals surface area (Å²) < 4.78 is 11.2. The van der Waals surface area contributed by atoms with Crippen LogP contribution in [0.1, 0.15) is 63.6 Å². The van der Waals surface area contributed by atoms with Gasteiger partial charge in [0.25, 0.3) is 11.7 Å². The summed E-state index contributed by atoms with van der Waals surface area (Å²) in [6.07, 6.45) is 3.88. The van der Waals surface area contributed by atoms with Gasteiger partial charge in [-0.1, -0.05) is 45.7 Å². The molecule has 1 amide bonds. The Kier molecular flexibility index (Phi) is 10.6. The van der Waals surface area contributed by atoms with Gasteiger partial charge >= 0.3 is 0 Å². The zero-order valence-electron chi connectivity index (χ0n) is 22.5. The lowest BCUT2D eigenvalue weighted by molar-refractivity contribution is -0.140. The number of nitrogens with zero attached hydrogens (tertiary/aromatic N) is 2. The minimum absolute atomic E-state index is 0.0983. The number of aliphatic hydroxyl groups excluding tert-OH is 1. The standard InChI is InChI=1S/C30H40N2O5/c1-5-8-9-20-37-25-13-10-12-23(21-25)27-26(28(33)22-14-16-24(36-4)17-15-22)29(34)30(35)32(27)19-11-18-31(6-2)7-3/h10,12-17,21,27,33H,5-9,11,18-20H2,1-4H3/b28-26+. The molecule has 0 aliphatic carbocycles. The molecule has 0 aromatic heterocycles. The maximum atomic E-state index is 13.3. The largest absolute Gasteiger partial charge is 0.507 e. The number of carbonyl (C=O) groups is 2. The second-order valence-electron chi connectivity index (χ2n) is 9.23. The quantitative estimate of drug-likeness (QED) is 0.159. The lowest BCUT2D eigenvalue weighted by Crippen LogP contribution is -2.33. The molecule has 2 aromatic rings. The SMILES string of the molecule is CCCCCOc1cccc(C2/C(=C(\O)c3ccc(OC)cc3)C(=O)C(=O)N2CCCN(CC)CC)c1. The van der Waals surface area contributed by atoms with E-state index in [-0.39, 0.29) is 11.3 Å². The zero-order valence-corrected chi connectivity index (χ0v) is 22.5. The molecular weight excluding hydrogens is 468 g/mol. The van der Waals surface area contributed by atoms with Crippen LogP contribution in [-0.4, -0.2) is 66.5 Å². The summed E-state index contributed by atoms with van der Waals surface area (Å²) in [6.45, 7) is 10.0. The minimum atomic E-state index is -0.696. The Morgan fingerprint density at radius 2 is 1.70 bits per heavy atom. The second kappa shape index (κ2) is 13.8. The Morgan fingerprint density at radius 1 is 0.973 bits per heavy atom. The summed E-state index contributed by atoms with van der Waals surface area (Å²) >= 11 is 0. The van der Waals surface area contributed by atoms with Crippen LogP contribution >= 0.6 is 0 Å². The first kappa shape index (κ1) is 28.3. The highest BCUT2D eigenvalue weighted by Crippen LogP contribution is 2.40. The number of hydrogen-bond donors (Lipinski definition) is 1. The number of Topliss-reactive ketones (excluding diaryl/α,β-unsaturated/α-hetero) is 1. The van der Waals surface area contributed by atoms with E-state index >= 15 is 0 Å². The minimum Gasteiger partial charge on any atom is -0.507 e. The number of aliphatic hydroxyl groups is 1. The van der Waals surface area contributed by atoms with Gasteiger partial charge in [0.05, 0.1) is 25.3 Å². The number of amides is 1. The second-order valence-corrected chi connectivity index (χ2v) is 9.23. The predicted octanol–water partition coefficient (Wildman–Crippen LogP) is 5.42. The van der Waals surface area contributed by atoms with Crippen molar-refractivity contribution < 1.29 is 24.2 Å². The van der Waals surface area contributed by atoms with Crippen LogP contribution in [-0.2, 0) is 9.59 Å². The molecule has 0 spiro atoms. The highest BCUT2D eigenvalue weighted by molar-refractivity contribution is 6.46. The number of rotatable bonds is 14. The van der Waals surface area contributed by atoms with Crippen molar-refractivity contribution in [3.05, 3.63) is 65.2 Å². The summed E-state index contributed by atoms with van der Waals surface area (Å²) in [5.74, 6) is -0.125. The molecule has 1 N–H and O–H groups in total. The average molecular weight is 509 g/mol. The topological polar surface area (TPSA) is 79.3 Å². The fourth-order valence-corrected chi connectivity index (χ4v) is 4.68. The van der Waals surface area contributed by atoms with Crippen LogP contribution < -0.4 is 9.47 Å². The summed E-state index contributed by atoms with van der Waals surface area (Å²) in [4.78, 5) is 30.4. The molecule has 1 aliphatic rings. The van der Waals surface area contributed by atoms with Gasteiger partial charge in [-0.3, -0.25) is 9.59 Å². The normalized spacial score (nSPS) is 17.0. The Morgan fingerprint density at radius 3 is 2.35 bits per heavy atom. The van der Waals surface area contributed by atoms with Crippen LogP contribution in [0, 0.1) is 0 Å². The molecule has 1 saturated heterocycles. The van der Waals surface area contributed by atoms with Gasteiger partial charge in [0, 0.05) is 12.1 Å². The first-order valence-corrected chi connectivity index (χ1v) is 13.3. The van der Waals surface area contributed by atoms with Gasteiger partial charge in [0.2, 0.25) is 0 Å². The molecule has 1 atom stereocenters. The molecule has 7 heteroatoms. The Balaban J connectivity index is 1.99. The van der Waals surface area contributed by atoms with Gasteiger partial charge < -0.3 is 24.4 Å². The lowest BCUT2D eigenvalue weighted by Gasteiger charge is -2.27. The molecule has 200 valence electrons. The van der Waals surface area contributed by atoms with Gasteiger partial charge in [-0.05, 0) is 74.4 Å². The van der Waals surface area contributed by atoms with E-state index < -0.39 is 17.7 Å². The maximum Gasteiger partial charge on any atom is 0.295 e. The summed E-state index contributed by atoms with van der Waals surface area (Å²) in [5.41, 5.74) is 1.30. The summed E-state index contributed by atoms with van der Waals surface area (Å²) in [7, 11) is 1.57. The van der Waals surface area contributed by atoms with Gasteiger partial charge in [0.15, 0.2) is 0 Å². The van der Waals surface area contributed by atoms with E-state index in [0.717, 1.165) is 50.9 Å². The van der Waals surface area contributed by atoms with E-state index in [9.17, 15) is 14.7 Å². The first-order chi connectivity index (χ1) is 17.9. The number of unbranched alkanes of at least 4 members (excludes halogenated alkanes) is 2. The van der Waals surface area contributed by atoms with Gasteiger partial charge in [-0.15, -0.1) is 0 Å². The number of carbonyl (C=O) groups excluding carboxylic acids is 2. The predicted molar refractivity (Wildman–Crippen MR) is 146 cm³/mol. The maximum absolute atomic E-state index is 13.3. The van der Waals surface area contributed by atoms with Crippen LogP contribution in [0.4, 0.5) is 0 Å². The number of hydrogen-bond acceptors (Lipinski definition) is 6. The van der Waals surface area contributed by atoms with Crippen molar-refractivity contribution in [1.82, 2.24) is 9.80 Å². The van der Waals surface area contributed by atoms with Gasteiger partial charge in [-0.2, -0.15) is 0 Å². The number of likely N-dealkylation sites (tertiary alicyclic amines) is 1. The molecule has 7 nitrogen and oxygen atoms in total. The molecule has 1 unspecified atom stereocenters. The molecular formula is C30H40N2O5. The molecule has 3 rings (SSSR count). The zero-order chi connectivity index (χ0) is 26.8. The van der Waals surface area contributed by atoms with Crippen molar-refractivity contribution in [1.29, 1.82) is 0 Å². The monoisotopic (exact) mass is 508 g/mol. The fraction of sp³-hybridized carbons (Fsp3) is 0.467. The molecule has 1 heterocycles. The molecule has 2 aromatic carbocycles. The van der Waals surface area contributed by atoms with Gasteiger partial charge in [0.1, 0.15) is 17.3 Å². The van der Waals surface area contributed by atoms with E-state index in [2.05, 4.69) is 25.7 Å². The van der Waals surface area contributed by atoms with Crippen LogP contribution in [0.5, 0.6) is 11.5 Å². The van der Waals surface area contributed by atoms with E-state index in [1.165, 1.54) is 0 Å². The summed E-state index contributed by atoms with van der Waals surface area (Å²) in [6, 6.07) is 13.6. The molecule has 0 saturated carbocycles. The van der Waals surface area contributed by atoms with Crippen molar-refractivity contribution in [2.24, 2.45) is 0 Å². The molecule has 1 fully saturated rings. The average Bonchev–Trinajstić information content (AvgIpc) is 3.18. The first-order valence-electron chi connectivity index (χ1n) is 13.3. The van der Waals surface area contributed by atoms with Crippen LogP contribution in [0.3, 0.4) is 0 Å². The van der Waals surface area contributed by atoms with Crippen molar-refractivity contribution in [2.75, 3.05) is 39.9 Å². The van der Waals surface area contributed by atoms with Crippen molar-refractivity contribution in [3.63, 3.8) is 0 Å². The van der Waals surface area contributed by atoms with Crippen molar-refractivity contribution in [3.8, 4) is 11.5 Å². The van der Waals surface area contributed by atoms with E-state index in [4.69, 9.17) is 9.47 Å². The molecule has 0 radical (unpaired) electrons. The molecule has 0 bridgehead atoms. The third-order valence-electron chi connectivity index (χ3n) is 6.86. The number of ketones is 1. The Labute approximate surface area is 220 Å². The number of ether oxygens (including phenoxy) is 2. The van der Waals surface area contributed by atoms with E-state index in [1.54, 1.807) is 36.3 Å². The summed E-state index contributed by atoms with van der Waals surface area (Å²) in [5, 5.41) is 11.3. The number of benzene rings is 2. The van der Waals surface area contributed by atoms with Crippen molar-refractivity contribution in [2.45, 2.75) is 52.5 Å². The van der Waals surface area contributed by atoms with Gasteiger partial charge in [-0.25, -0.2) is 0 Å². The highest BCUT2D eigenvalue weighted by atomic mass is 16.5. The fourth-order valence-electron chi connectivity index (χ4n) is 4.68.